The van der Waals surface area contributed by atoms with E-state index in [1.54, 1.807) is 19.5 Å². The number of aromatic amines is 2. The van der Waals surface area contributed by atoms with E-state index in [1.165, 1.54) is 0 Å². The zero-order chi connectivity index (χ0) is 20.4. The fourth-order valence-corrected chi connectivity index (χ4v) is 3.57. The van der Waals surface area contributed by atoms with E-state index in [0.717, 1.165) is 32.9 Å². The first-order chi connectivity index (χ1) is 14.0. The van der Waals surface area contributed by atoms with Gasteiger partial charge in [0.25, 0.3) is 0 Å². The fraction of sp³-hybridized carbons (Fsp3) is 0.182. The van der Waals surface area contributed by atoms with Gasteiger partial charge in [-0.3, -0.25) is 4.79 Å². The molecule has 1 amide bonds. The van der Waals surface area contributed by atoms with Gasteiger partial charge in [-0.05, 0) is 35.4 Å². The van der Waals surface area contributed by atoms with E-state index in [-0.39, 0.29) is 18.7 Å². The van der Waals surface area contributed by atoms with Gasteiger partial charge in [0, 0.05) is 40.6 Å². The summed E-state index contributed by atoms with van der Waals surface area (Å²) >= 11 is 0. The molecule has 2 heterocycles. The van der Waals surface area contributed by atoms with Crippen LogP contribution in [-0.4, -0.2) is 40.1 Å². The second kappa shape index (κ2) is 7.71. The van der Waals surface area contributed by atoms with Crippen LogP contribution in [0, 0.1) is 0 Å². The van der Waals surface area contributed by atoms with Gasteiger partial charge in [-0.1, -0.05) is 18.2 Å². The third-order valence-corrected chi connectivity index (χ3v) is 5.06. The number of H-pyrrole nitrogens is 2. The Morgan fingerprint density at radius 3 is 2.52 bits per heavy atom. The van der Waals surface area contributed by atoms with Gasteiger partial charge in [-0.15, -0.1) is 0 Å². The summed E-state index contributed by atoms with van der Waals surface area (Å²) in [5, 5.41) is 14.1. The van der Waals surface area contributed by atoms with Crippen LogP contribution in [0.15, 0.2) is 54.9 Å². The first-order valence-corrected chi connectivity index (χ1v) is 9.26. The van der Waals surface area contributed by atoms with Crippen LogP contribution in [-0.2, 0) is 22.4 Å². The smallest absolute Gasteiger partial charge is 0.326 e. The maximum absolute atomic E-state index is 12.6. The first kappa shape index (κ1) is 18.6. The molecule has 7 nitrogen and oxygen atoms in total. The lowest BCUT2D eigenvalue weighted by Crippen LogP contribution is -2.43. The molecule has 0 spiro atoms. The molecule has 0 saturated heterocycles. The molecule has 0 unspecified atom stereocenters. The van der Waals surface area contributed by atoms with Crippen LogP contribution < -0.4 is 10.1 Å². The zero-order valence-electron chi connectivity index (χ0n) is 15.9. The van der Waals surface area contributed by atoms with E-state index in [4.69, 9.17) is 4.74 Å². The molecule has 148 valence electrons. The number of aliphatic carboxylic acids is 1. The van der Waals surface area contributed by atoms with E-state index >= 15 is 0 Å². The molecule has 0 aliphatic carbocycles. The normalized spacial score (nSPS) is 12.2. The summed E-state index contributed by atoms with van der Waals surface area (Å²) in [7, 11) is 1.59. The molecule has 0 radical (unpaired) electrons. The van der Waals surface area contributed by atoms with E-state index in [2.05, 4.69) is 15.3 Å². The van der Waals surface area contributed by atoms with Gasteiger partial charge in [0.1, 0.15) is 11.8 Å². The molecular weight excluding hydrogens is 370 g/mol. The Bertz CT molecular complexity index is 1190. The van der Waals surface area contributed by atoms with Crippen molar-refractivity contribution in [1.29, 1.82) is 0 Å². The van der Waals surface area contributed by atoms with Crippen molar-refractivity contribution in [3.05, 3.63) is 66.0 Å². The Hall–Kier alpha value is -3.74. The SMILES string of the molecule is COc1ccc2[nH]cc(CC(=O)N[C@H](Cc3c[nH]c4ccccc34)C(=O)O)c2c1. The number of rotatable bonds is 7. The van der Waals surface area contributed by atoms with Crippen LogP contribution in [0.2, 0.25) is 0 Å². The number of nitrogens with one attached hydrogen (secondary N) is 3. The molecule has 0 aliphatic rings. The molecule has 1 atom stereocenters. The third kappa shape index (κ3) is 3.80. The molecule has 2 aromatic carbocycles. The van der Waals surface area contributed by atoms with Crippen LogP contribution in [0.4, 0.5) is 0 Å². The van der Waals surface area contributed by atoms with Crippen LogP contribution in [0.3, 0.4) is 0 Å². The van der Waals surface area contributed by atoms with Gasteiger partial charge < -0.3 is 25.1 Å². The predicted octanol–water partition coefficient (Wildman–Crippen LogP) is 3.01. The van der Waals surface area contributed by atoms with Crippen molar-refractivity contribution in [2.45, 2.75) is 18.9 Å². The molecule has 0 fully saturated rings. The topological polar surface area (TPSA) is 107 Å². The highest BCUT2D eigenvalue weighted by Crippen LogP contribution is 2.24. The number of aromatic nitrogens is 2. The maximum Gasteiger partial charge on any atom is 0.326 e. The lowest BCUT2D eigenvalue weighted by atomic mass is 10.0. The van der Waals surface area contributed by atoms with Crippen molar-refractivity contribution in [3.63, 3.8) is 0 Å². The standard InChI is InChI=1S/C22H21N3O4/c1-29-15-6-7-19-17(10-15)14(12-24-19)9-21(26)25-20(22(27)28)8-13-11-23-18-5-3-2-4-16(13)18/h2-7,10-12,20,23-24H,8-9H2,1H3,(H,25,26)(H,27,28)/t20-/m1/s1. The molecule has 0 aliphatic heterocycles. The van der Waals surface area contributed by atoms with Gasteiger partial charge in [0.15, 0.2) is 0 Å². The highest BCUT2D eigenvalue weighted by Gasteiger charge is 2.22. The Balaban J connectivity index is 1.50. The Kier molecular flexibility index (Phi) is 4.95. The average molecular weight is 391 g/mol. The third-order valence-electron chi connectivity index (χ3n) is 5.06. The van der Waals surface area contributed by atoms with E-state index in [0.29, 0.717) is 5.75 Å². The summed E-state index contributed by atoms with van der Waals surface area (Å²) < 4.78 is 5.25. The Morgan fingerprint density at radius 1 is 1.03 bits per heavy atom. The van der Waals surface area contributed by atoms with Crippen molar-refractivity contribution < 1.29 is 19.4 Å². The van der Waals surface area contributed by atoms with E-state index < -0.39 is 12.0 Å². The van der Waals surface area contributed by atoms with Crippen molar-refractivity contribution in [2.75, 3.05) is 7.11 Å². The number of benzene rings is 2. The number of hydrogen-bond acceptors (Lipinski definition) is 3. The molecular formula is C22H21N3O4. The van der Waals surface area contributed by atoms with E-state index in [9.17, 15) is 14.7 Å². The minimum Gasteiger partial charge on any atom is -0.497 e. The minimum absolute atomic E-state index is 0.0742. The highest BCUT2D eigenvalue weighted by molar-refractivity contribution is 5.91. The molecule has 4 aromatic rings. The van der Waals surface area contributed by atoms with Gasteiger partial charge >= 0.3 is 5.97 Å². The molecule has 4 N–H and O–H groups in total. The highest BCUT2D eigenvalue weighted by atomic mass is 16.5. The summed E-state index contributed by atoms with van der Waals surface area (Å²) in [6, 6.07) is 12.2. The molecule has 7 heteroatoms. The molecule has 29 heavy (non-hydrogen) atoms. The monoisotopic (exact) mass is 391 g/mol. The van der Waals surface area contributed by atoms with Crippen molar-refractivity contribution in [3.8, 4) is 5.75 Å². The number of methoxy groups -OCH3 is 1. The van der Waals surface area contributed by atoms with Crippen molar-refractivity contribution >= 4 is 33.7 Å². The van der Waals surface area contributed by atoms with Gasteiger partial charge in [0.05, 0.1) is 13.5 Å². The zero-order valence-corrected chi connectivity index (χ0v) is 15.9. The maximum atomic E-state index is 12.6. The van der Waals surface area contributed by atoms with Crippen LogP contribution in [0.25, 0.3) is 21.8 Å². The summed E-state index contributed by atoms with van der Waals surface area (Å²) in [5.41, 5.74) is 3.46. The lowest BCUT2D eigenvalue weighted by molar-refractivity contribution is -0.141. The second-order valence-corrected chi connectivity index (χ2v) is 6.92. The van der Waals surface area contributed by atoms with Gasteiger partial charge in [-0.2, -0.15) is 0 Å². The first-order valence-electron chi connectivity index (χ1n) is 9.26. The van der Waals surface area contributed by atoms with Crippen molar-refractivity contribution in [2.24, 2.45) is 0 Å². The summed E-state index contributed by atoms with van der Waals surface area (Å²) in [6.45, 7) is 0. The number of carboxylic acid groups (broad SMARTS) is 1. The number of carbonyl (C=O) groups is 2. The van der Waals surface area contributed by atoms with Gasteiger partial charge in [0.2, 0.25) is 5.91 Å². The number of ether oxygens (including phenoxy) is 1. The van der Waals surface area contributed by atoms with E-state index in [1.807, 2.05) is 42.5 Å². The largest absolute Gasteiger partial charge is 0.497 e. The van der Waals surface area contributed by atoms with Crippen LogP contribution in [0.5, 0.6) is 5.75 Å². The number of carbonyl (C=O) groups excluding carboxylic acids is 1. The predicted molar refractivity (Wildman–Crippen MR) is 110 cm³/mol. The fourth-order valence-electron chi connectivity index (χ4n) is 3.57. The quantitative estimate of drug-likeness (QED) is 0.388. The number of carboxylic acids is 1. The molecule has 0 bridgehead atoms. The summed E-state index contributed by atoms with van der Waals surface area (Å²) in [4.78, 5) is 30.6. The molecule has 0 saturated carbocycles. The Labute approximate surface area is 166 Å². The molecule has 2 aromatic heterocycles. The number of hydrogen-bond donors (Lipinski definition) is 4. The van der Waals surface area contributed by atoms with Crippen LogP contribution in [0.1, 0.15) is 11.1 Å². The number of fused-ring (bicyclic) bond motifs is 2. The lowest BCUT2D eigenvalue weighted by Gasteiger charge is -2.14. The van der Waals surface area contributed by atoms with Gasteiger partial charge in [-0.25, -0.2) is 4.79 Å². The summed E-state index contributed by atoms with van der Waals surface area (Å²) in [6.07, 6.45) is 3.83. The number of para-hydroxylation sites is 1. The number of amides is 1. The van der Waals surface area contributed by atoms with Crippen LogP contribution >= 0.6 is 0 Å². The summed E-state index contributed by atoms with van der Waals surface area (Å²) in [5.74, 6) is -0.716. The Morgan fingerprint density at radius 2 is 1.76 bits per heavy atom. The van der Waals surface area contributed by atoms with Crippen molar-refractivity contribution in [1.82, 2.24) is 15.3 Å². The minimum atomic E-state index is -1.07. The molecule has 4 rings (SSSR count). The second-order valence-electron chi connectivity index (χ2n) is 6.92. The average Bonchev–Trinajstić information content (AvgIpc) is 3.31.